The van der Waals surface area contributed by atoms with Gasteiger partial charge in [-0.15, -0.1) is 0 Å². The number of hydrogen-bond donors (Lipinski definition) is 0. The minimum atomic E-state index is -0.884. The number of hydrogen-bond acceptors (Lipinski definition) is 3. The molecule has 8 rings (SSSR count). The zero-order chi connectivity index (χ0) is 24.4. The number of amides is 2. The van der Waals surface area contributed by atoms with Gasteiger partial charge < -0.3 is 0 Å². The van der Waals surface area contributed by atoms with Crippen LogP contribution in [0.4, 0.5) is 11.4 Å². The Hall–Kier alpha value is -4.02. The van der Waals surface area contributed by atoms with Crippen molar-refractivity contribution in [1.82, 2.24) is 0 Å². The van der Waals surface area contributed by atoms with Gasteiger partial charge in [-0.3, -0.25) is 14.6 Å². The molecular formula is C31H21ClN2O2. The number of carbonyl (C=O) groups is 2. The van der Waals surface area contributed by atoms with E-state index in [-0.39, 0.29) is 17.7 Å². The van der Waals surface area contributed by atoms with Gasteiger partial charge in [0.25, 0.3) is 0 Å². The molecule has 2 amide bonds. The van der Waals surface area contributed by atoms with Crippen LogP contribution >= 0.6 is 11.6 Å². The number of anilines is 1. The highest BCUT2D eigenvalue weighted by atomic mass is 35.5. The van der Waals surface area contributed by atoms with Crippen LogP contribution in [0.15, 0.2) is 108 Å². The highest BCUT2D eigenvalue weighted by Gasteiger charge is 2.68. The molecular weight excluding hydrogens is 468 g/mol. The SMILES string of the molecule is O=C1[C@@H]2[C@@H](C(=O)N1c1ccccc1Cl)C1c3ccccc3C2(C=Nc2ccccc2)c2ccccc21. The molecule has 1 saturated heterocycles. The fourth-order valence-electron chi connectivity index (χ4n) is 6.61. The number of carbonyl (C=O) groups excluding carboxylic acids is 2. The Kier molecular flexibility index (Phi) is 4.57. The number of para-hydroxylation sites is 2. The number of halogens is 1. The molecule has 1 fully saturated rings. The Bertz CT molecular complexity index is 1530. The van der Waals surface area contributed by atoms with Gasteiger partial charge in [0, 0.05) is 12.1 Å². The van der Waals surface area contributed by atoms with Gasteiger partial charge in [-0.05, 0) is 46.5 Å². The van der Waals surface area contributed by atoms with Gasteiger partial charge in [-0.25, -0.2) is 4.90 Å². The molecule has 2 bridgehead atoms. The third-order valence-electron chi connectivity index (χ3n) is 7.95. The molecule has 1 aliphatic heterocycles. The van der Waals surface area contributed by atoms with Crippen molar-refractivity contribution in [1.29, 1.82) is 0 Å². The first kappa shape index (κ1) is 21.3. The largest absolute Gasteiger partial charge is 0.274 e. The fourth-order valence-corrected chi connectivity index (χ4v) is 6.83. The van der Waals surface area contributed by atoms with Crippen molar-refractivity contribution < 1.29 is 9.59 Å². The summed E-state index contributed by atoms with van der Waals surface area (Å²) in [4.78, 5) is 34.7. The summed E-state index contributed by atoms with van der Waals surface area (Å²) in [5.41, 5.74) is 4.59. The summed E-state index contributed by atoms with van der Waals surface area (Å²) >= 11 is 6.50. The summed E-state index contributed by atoms with van der Waals surface area (Å²) in [5, 5.41) is 0.382. The first-order chi connectivity index (χ1) is 17.6. The van der Waals surface area contributed by atoms with Crippen molar-refractivity contribution in [3.63, 3.8) is 0 Å². The van der Waals surface area contributed by atoms with Crippen LogP contribution in [0, 0.1) is 11.8 Å². The Morgan fingerprint density at radius 1 is 0.722 bits per heavy atom. The third-order valence-corrected chi connectivity index (χ3v) is 8.27. The minimum absolute atomic E-state index is 0.204. The molecule has 0 N–H and O–H groups in total. The summed E-state index contributed by atoms with van der Waals surface area (Å²) in [5.74, 6) is -1.81. The molecule has 2 atom stereocenters. The van der Waals surface area contributed by atoms with Crippen molar-refractivity contribution in [2.45, 2.75) is 11.3 Å². The molecule has 1 heterocycles. The molecule has 4 nitrogen and oxygen atoms in total. The van der Waals surface area contributed by atoms with E-state index in [1.165, 1.54) is 4.90 Å². The fraction of sp³-hybridized carbons (Fsp3) is 0.129. The van der Waals surface area contributed by atoms with Crippen LogP contribution in [-0.4, -0.2) is 18.0 Å². The highest BCUT2D eigenvalue weighted by molar-refractivity contribution is 6.36. The van der Waals surface area contributed by atoms with E-state index in [9.17, 15) is 9.59 Å². The van der Waals surface area contributed by atoms with Crippen LogP contribution in [0.25, 0.3) is 0 Å². The maximum Gasteiger partial charge on any atom is 0.239 e. The van der Waals surface area contributed by atoms with Crippen molar-refractivity contribution in [2.75, 3.05) is 4.90 Å². The lowest BCUT2D eigenvalue weighted by Crippen LogP contribution is -2.54. The smallest absolute Gasteiger partial charge is 0.239 e. The Labute approximate surface area is 213 Å². The quantitative estimate of drug-likeness (QED) is 0.251. The molecule has 3 aliphatic carbocycles. The van der Waals surface area contributed by atoms with Crippen molar-refractivity contribution in [3.8, 4) is 0 Å². The van der Waals surface area contributed by atoms with Crippen LogP contribution in [0.2, 0.25) is 5.02 Å². The maximum absolute atomic E-state index is 14.3. The molecule has 4 aliphatic rings. The molecule has 0 radical (unpaired) electrons. The first-order valence-electron chi connectivity index (χ1n) is 12.0. The second-order valence-corrected chi connectivity index (χ2v) is 9.99. The molecule has 5 heteroatoms. The van der Waals surface area contributed by atoms with Gasteiger partial charge >= 0.3 is 0 Å². The van der Waals surface area contributed by atoms with Gasteiger partial charge in [0.1, 0.15) is 0 Å². The zero-order valence-electron chi connectivity index (χ0n) is 19.2. The molecule has 0 saturated carbocycles. The lowest BCUT2D eigenvalue weighted by molar-refractivity contribution is -0.122. The van der Waals surface area contributed by atoms with Crippen LogP contribution in [-0.2, 0) is 15.0 Å². The minimum Gasteiger partial charge on any atom is -0.274 e. The molecule has 0 aromatic heterocycles. The molecule has 0 spiro atoms. The van der Waals surface area contributed by atoms with E-state index in [1.54, 1.807) is 24.3 Å². The van der Waals surface area contributed by atoms with Crippen LogP contribution in [0.5, 0.6) is 0 Å². The summed E-state index contributed by atoms with van der Waals surface area (Å²) in [6.45, 7) is 0. The first-order valence-corrected chi connectivity index (χ1v) is 12.4. The van der Waals surface area contributed by atoms with E-state index in [1.807, 2.05) is 60.8 Å². The van der Waals surface area contributed by atoms with E-state index >= 15 is 0 Å². The second kappa shape index (κ2) is 7.74. The molecule has 36 heavy (non-hydrogen) atoms. The zero-order valence-corrected chi connectivity index (χ0v) is 20.0. The number of aliphatic imine (C=N–C) groups is 1. The number of imide groups is 1. The second-order valence-electron chi connectivity index (χ2n) is 9.58. The number of benzene rings is 4. The topological polar surface area (TPSA) is 49.7 Å². The van der Waals surface area contributed by atoms with E-state index in [4.69, 9.17) is 16.6 Å². The van der Waals surface area contributed by atoms with Crippen LogP contribution in [0.1, 0.15) is 28.2 Å². The lowest BCUT2D eigenvalue weighted by Gasteiger charge is -2.52. The normalized spacial score (nSPS) is 25.7. The molecule has 174 valence electrons. The highest BCUT2D eigenvalue weighted by Crippen LogP contribution is 2.64. The van der Waals surface area contributed by atoms with Gasteiger partial charge in [0.2, 0.25) is 11.8 Å². The van der Waals surface area contributed by atoms with E-state index in [0.29, 0.717) is 10.7 Å². The average molecular weight is 489 g/mol. The predicted octanol–water partition coefficient (Wildman–Crippen LogP) is 6.29. The summed E-state index contributed by atoms with van der Waals surface area (Å²) in [7, 11) is 0. The Morgan fingerprint density at radius 2 is 1.31 bits per heavy atom. The third kappa shape index (κ3) is 2.68. The number of nitrogens with zero attached hydrogens (tertiary/aromatic N) is 2. The standard InChI is InChI=1S/C31H21ClN2O2/c32-24-16-8-9-17-25(24)34-29(35)27-26-20-12-4-6-14-22(20)31(28(27)30(34)36,23-15-7-5-13-21(23)26)18-33-19-10-2-1-3-11-19/h1-18,26-28H/t26?,27-,28-,31?/m0/s1. The molecule has 4 aromatic rings. The van der Waals surface area contributed by atoms with Crippen molar-refractivity contribution in [2.24, 2.45) is 16.8 Å². The van der Waals surface area contributed by atoms with Gasteiger partial charge in [0.05, 0.1) is 33.6 Å². The van der Waals surface area contributed by atoms with Crippen LogP contribution < -0.4 is 4.90 Å². The Balaban J connectivity index is 1.53. The number of rotatable bonds is 3. The summed E-state index contributed by atoms with van der Waals surface area (Å²) in [6, 6.07) is 33.1. The van der Waals surface area contributed by atoms with Crippen molar-refractivity contribution >= 4 is 41.0 Å². The van der Waals surface area contributed by atoms with Crippen LogP contribution in [0.3, 0.4) is 0 Å². The molecule has 4 aromatic carbocycles. The monoisotopic (exact) mass is 488 g/mol. The molecule has 0 unspecified atom stereocenters. The summed E-state index contributed by atoms with van der Waals surface area (Å²) in [6.07, 6.45) is 1.91. The van der Waals surface area contributed by atoms with Gasteiger partial charge in [-0.2, -0.15) is 0 Å². The van der Waals surface area contributed by atoms with Gasteiger partial charge in [-0.1, -0.05) is 90.5 Å². The lowest BCUT2D eigenvalue weighted by atomic mass is 9.47. The van der Waals surface area contributed by atoms with E-state index in [2.05, 4.69) is 24.3 Å². The van der Waals surface area contributed by atoms with Gasteiger partial charge in [0.15, 0.2) is 0 Å². The van der Waals surface area contributed by atoms with Crippen molar-refractivity contribution in [3.05, 3.63) is 130 Å². The van der Waals surface area contributed by atoms with E-state index < -0.39 is 17.3 Å². The Morgan fingerprint density at radius 3 is 1.97 bits per heavy atom. The maximum atomic E-state index is 14.3. The summed E-state index contributed by atoms with van der Waals surface area (Å²) < 4.78 is 0. The van der Waals surface area contributed by atoms with E-state index in [0.717, 1.165) is 27.9 Å². The predicted molar refractivity (Wildman–Crippen MR) is 141 cm³/mol. The average Bonchev–Trinajstić information content (AvgIpc) is 3.19.